The van der Waals surface area contributed by atoms with Gasteiger partial charge in [0.1, 0.15) is 5.75 Å². The summed E-state index contributed by atoms with van der Waals surface area (Å²) in [6.07, 6.45) is -4.38. The van der Waals surface area contributed by atoms with Crippen molar-refractivity contribution in [3.63, 3.8) is 0 Å². The number of alkyl halides is 3. The van der Waals surface area contributed by atoms with Crippen LogP contribution < -0.4 is 19.5 Å². The molecular formula is C18H18F3NO4. The maximum Gasteiger partial charge on any atom is 0.422 e. The molecule has 0 unspecified atom stereocenters. The fraction of sp³-hybridized carbons (Fsp3) is 0.278. The normalized spacial score (nSPS) is 10.9. The van der Waals surface area contributed by atoms with E-state index in [2.05, 4.69) is 10.1 Å². The first-order valence-corrected chi connectivity index (χ1v) is 7.68. The molecule has 0 aliphatic rings. The van der Waals surface area contributed by atoms with E-state index in [1.165, 1.54) is 19.2 Å². The highest BCUT2D eigenvalue weighted by Crippen LogP contribution is 2.25. The van der Waals surface area contributed by atoms with Crippen molar-refractivity contribution in [3.8, 4) is 17.2 Å². The van der Waals surface area contributed by atoms with Crippen molar-refractivity contribution in [2.45, 2.75) is 12.7 Å². The van der Waals surface area contributed by atoms with Crippen LogP contribution in [0.1, 0.15) is 5.56 Å². The lowest BCUT2D eigenvalue weighted by Gasteiger charge is -2.11. The Bertz CT molecular complexity index is 717. The van der Waals surface area contributed by atoms with Gasteiger partial charge in [0, 0.05) is 6.54 Å². The molecule has 1 amide bonds. The summed E-state index contributed by atoms with van der Waals surface area (Å²) in [4.78, 5) is 11.8. The van der Waals surface area contributed by atoms with Crippen LogP contribution in [-0.2, 0) is 11.3 Å². The number of para-hydroxylation sites is 2. The summed E-state index contributed by atoms with van der Waals surface area (Å²) in [5.74, 6) is 0.747. The first-order valence-electron chi connectivity index (χ1n) is 7.68. The number of carbonyl (C=O) groups excluding carboxylic acids is 1. The summed E-state index contributed by atoms with van der Waals surface area (Å²) in [5, 5.41) is 2.66. The maximum atomic E-state index is 12.1. The van der Waals surface area contributed by atoms with E-state index in [1.54, 1.807) is 36.4 Å². The zero-order valence-corrected chi connectivity index (χ0v) is 14.0. The van der Waals surface area contributed by atoms with Gasteiger partial charge >= 0.3 is 6.18 Å². The molecule has 0 aliphatic carbocycles. The number of halogens is 3. The van der Waals surface area contributed by atoms with Crippen LogP contribution in [-0.4, -0.2) is 32.4 Å². The number of carbonyl (C=O) groups is 1. The molecule has 5 nitrogen and oxygen atoms in total. The predicted octanol–water partition coefficient (Wildman–Crippen LogP) is 3.33. The molecule has 140 valence electrons. The van der Waals surface area contributed by atoms with Crippen molar-refractivity contribution < 1.29 is 32.2 Å². The number of ether oxygens (including phenoxy) is 3. The first-order chi connectivity index (χ1) is 12.4. The summed E-state index contributed by atoms with van der Waals surface area (Å²) < 4.78 is 51.4. The van der Waals surface area contributed by atoms with Crippen molar-refractivity contribution in [2.24, 2.45) is 0 Å². The van der Waals surface area contributed by atoms with Crippen LogP contribution in [0.2, 0.25) is 0 Å². The van der Waals surface area contributed by atoms with Gasteiger partial charge in [-0.3, -0.25) is 4.79 Å². The van der Waals surface area contributed by atoms with Gasteiger partial charge in [-0.2, -0.15) is 13.2 Å². The van der Waals surface area contributed by atoms with Crippen molar-refractivity contribution in [1.82, 2.24) is 5.32 Å². The van der Waals surface area contributed by atoms with Crippen LogP contribution in [0.3, 0.4) is 0 Å². The Labute approximate surface area is 148 Å². The molecule has 2 rings (SSSR count). The smallest absolute Gasteiger partial charge is 0.422 e. The third kappa shape index (κ3) is 6.54. The minimum absolute atomic E-state index is 0.108. The number of amides is 1. The summed E-state index contributed by atoms with van der Waals surface area (Å²) in [6.45, 7) is -1.32. The van der Waals surface area contributed by atoms with Gasteiger partial charge in [0.05, 0.1) is 7.11 Å². The van der Waals surface area contributed by atoms with Crippen molar-refractivity contribution in [2.75, 3.05) is 20.3 Å². The Morgan fingerprint density at radius 1 is 1.00 bits per heavy atom. The highest BCUT2D eigenvalue weighted by Gasteiger charge is 2.28. The molecule has 0 bridgehead atoms. The van der Waals surface area contributed by atoms with Gasteiger partial charge in [0.15, 0.2) is 24.7 Å². The van der Waals surface area contributed by atoms with E-state index >= 15 is 0 Å². The molecule has 0 radical (unpaired) electrons. The molecule has 0 saturated carbocycles. The molecule has 0 aliphatic heterocycles. The Balaban J connectivity index is 1.76. The van der Waals surface area contributed by atoms with E-state index in [0.717, 1.165) is 5.56 Å². The van der Waals surface area contributed by atoms with Gasteiger partial charge in [-0.25, -0.2) is 0 Å². The molecule has 2 aromatic rings. The summed E-state index contributed by atoms with van der Waals surface area (Å²) >= 11 is 0. The molecule has 0 saturated heterocycles. The first kappa shape index (κ1) is 19.4. The number of rotatable bonds is 8. The third-order valence-corrected chi connectivity index (χ3v) is 3.24. The van der Waals surface area contributed by atoms with Crippen molar-refractivity contribution >= 4 is 5.91 Å². The van der Waals surface area contributed by atoms with Crippen LogP contribution >= 0.6 is 0 Å². The highest BCUT2D eigenvalue weighted by molar-refractivity contribution is 5.77. The lowest BCUT2D eigenvalue weighted by atomic mass is 10.2. The van der Waals surface area contributed by atoms with Gasteiger partial charge < -0.3 is 19.5 Å². The standard InChI is InChI=1S/C18H18F3NO4/c1-24-15-4-2-3-5-16(15)25-11-17(23)22-10-13-6-8-14(9-7-13)26-12-18(19,20)21/h2-9H,10-12H2,1H3,(H,22,23). The number of methoxy groups -OCH3 is 1. The number of benzene rings is 2. The van der Waals surface area contributed by atoms with Crippen LogP contribution in [0.15, 0.2) is 48.5 Å². The Morgan fingerprint density at radius 3 is 2.27 bits per heavy atom. The van der Waals surface area contributed by atoms with Crippen LogP contribution in [0, 0.1) is 0 Å². The van der Waals surface area contributed by atoms with Gasteiger partial charge in [0.25, 0.3) is 5.91 Å². The Morgan fingerprint density at radius 2 is 1.65 bits per heavy atom. The average Bonchev–Trinajstić information content (AvgIpc) is 2.63. The number of hydrogen-bond donors (Lipinski definition) is 1. The summed E-state index contributed by atoms with van der Waals surface area (Å²) in [6, 6.07) is 12.9. The van der Waals surface area contributed by atoms with E-state index in [-0.39, 0.29) is 24.8 Å². The molecule has 8 heteroatoms. The molecule has 26 heavy (non-hydrogen) atoms. The summed E-state index contributed by atoms with van der Waals surface area (Å²) in [7, 11) is 1.50. The minimum Gasteiger partial charge on any atom is -0.493 e. The third-order valence-electron chi connectivity index (χ3n) is 3.24. The number of hydrogen-bond acceptors (Lipinski definition) is 4. The van der Waals surface area contributed by atoms with E-state index in [4.69, 9.17) is 9.47 Å². The summed E-state index contributed by atoms with van der Waals surface area (Å²) in [5.41, 5.74) is 0.718. The quantitative estimate of drug-likeness (QED) is 0.776. The van der Waals surface area contributed by atoms with Crippen molar-refractivity contribution in [3.05, 3.63) is 54.1 Å². The van der Waals surface area contributed by atoms with Crippen LogP contribution in [0.4, 0.5) is 13.2 Å². The lowest BCUT2D eigenvalue weighted by molar-refractivity contribution is -0.153. The predicted molar refractivity (Wildman–Crippen MR) is 88.3 cm³/mol. The van der Waals surface area contributed by atoms with Crippen LogP contribution in [0.5, 0.6) is 17.2 Å². The fourth-order valence-corrected chi connectivity index (χ4v) is 2.00. The molecule has 0 fully saturated rings. The van der Waals surface area contributed by atoms with E-state index in [0.29, 0.717) is 11.5 Å². The van der Waals surface area contributed by atoms with E-state index in [9.17, 15) is 18.0 Å². The zero-order chi connectivity index (χ0) is 19.0. The topological polar surface area (TPSA) is 56.8 Å². The SMILES string of the molecule is COc1ccccc1OCC(=O)NCc1ccc(OCC(F)(F)F)cc1. The highest BCUT2D eigenvalue weighted by atomic mass is 19.4. The fourth-order valence-electron chi connectivity index (χ4n) is 2.00. The van der Waals surface area contributed by atoms with Gasteiger partial charge in [-0.15, -0.1) is 0 Å². The second kappa shape index (κ2) is 8.98. The molecule has 0 aromatic heterocycles. The molecule has 1 N–H and O–H groups in total. The Hall–Kier alpha value is -2.90. The maximum absolute atomic E-state index is 12.1. The van der Waals surface area contributed by atoms with Crippen molar-refractivity contribution in [1.29, 1.82) is 0 Å². The second-order valence-corrected chi connectivity index (χ2v) is 5.26. The second-order valence-electron chi connectivity index (χ2n) is 5.26. The minimum atomic E-state index is -4.38. The lowest BCUT2D eigenvalue weighted by Crippen LogP contribution is -2.28. The van der Waals surface area contributed by atoms with Gasteiger partial charge in [-0.1, -0.05) is 24.3 Å². The molecular weight excluding hydrogens is 351 g/mol. The number of nitrogens with one attached hydrogen (secondary N) is 1. The molecule has 2 aromatic carbocycles. The molecule has 0 atom stereocenters. The van der Waals surface area contributed by atoms with E-state index in [1.807, 2.05) is 0 Å². The van der Waals surface area contributed by atoms with Crippen LogP contribution in [0.25, 0.3) is 0 Å². The zero-order valence-electron chi connectivity index (χ0n) is 14.0. The monoisotopic (exact) mass is 369 g/mol. The van der Waals surface area contributed by atoms with Gasteiger partial charge in [-0.05, 0) is 29.8 Å². The molecule has 0 heterocycles. The average molecular weight is 369 g/mol. The largest absolute Gasteiger partial charge is 0.493 e. The Kier molecular flexibility index (Phi) is 6.71. The van der Waals surface area contributed by atoms with E-state index < -0.39 is 12.8 Å². The molecule has 0 spiro atoms. The van der Waals surface area contributed by atoms with Gasteiger partial charge in [0.2, 0.25) is 0 Å².